The molecule has 1 heterocycles. The number of aliphatic hydroxyl groups excluding tert-OH is 1. The fourth-order valence-electron chi connectivity index (χ4n) is 0.719. The van der Waals surface area contributed by atoms with Gasteiger partial charge in [0.05, 0.1) is 12.9 Å². The number of allylic oxidation sites excluding steroid dienone is 1. The summed E-state index contributed by atoms with van der Waals surface area (Å²) in [4.78, 5) is 0. The van der Waals surface area contributed by atoms with E-state index in [1.165, 1.54) is 0 Å². The van der Waals surface area contributed by atoms with Gasteiger partial charge in [0.1, 0.15) is 6.10 Å². The zero-order valence-corrected chi connectivity index (χ0v) is 4.71. The monoisotopic (exact) mass is 114 g/mol. The van der Waals surface area contributed by atoms with E-state index in [1.807, 2.05) is 6.08 Å². The highest BCUT2D eigenvalue weighted by molar-refractivity contribution is 4.81. The fraction of sp³-hybridized carbons (Fsp3) is 0.667. The van der Waals surface area contributed by atoms with Crippen molar-refractivity contribution in [3.63, 3.8) is 0 Å². The Hall–Kier alpha value is -0.500. The minimum absolute atomic E-state index is 0.0556. The van der Waals surface area contributed by atoms with Gasteiger partial charge in [-0.05, 0) is 18.9 Å². The van der Waals surface area contributed by atoms with E-state index in [2.05, 4.69) is 0 Å². The van der Waals surface area contributed by atoms with Crippen molar-refractivity contribution in [2.75, 3.05) is 6.61 Å². The van der Waals surface area contributed by atoms with Crippen LogP contribution in [0.3, 0.4) is 0 Å². The van der Waals surface area contributed by atoms with E-state index in [0.29, 0.717) is 0 Å². The SMILES string of the molecule is OC[C@H]1CCC=CO1. The molecule has 0 spiro atoms. The summed E-state index contributed by atoms with van der Waals surface area (Å²) < 4.78 is 5.00. The van der Waals surface area contributed by atoms with Gasteiger partial charge in [-0.3, -0.25) is 0 Å². The summed E-state index contributed by atoms with van der Waals surface area (Å²) in [5, 5.41) is 8.53. The van der Waals surface area contributed by atoms with E-state index < -0.39 is 0 Å². The van der Waals surface area contributed by atoms with Crippen molar-refractivity contribution >= 4 is 0 Å². The van der Waals surface area contributed by atoms with Crippen molar-refractivity contribution < 1.29 is 9.84 Å². The third-order valence-electron chi connectivity index (χ3n) is 1.23. The molecule has 2 heteroatoms. The molecule has 0 unspecified atom stereocenters. The summed E-state index contributed by atoms with van der Waals surface area (Å²) in [7, 11) is 0. The Bertz CT molecular complexity index is 88.5. The third-order valence-corrected chi connectivity index (χ3v) is 1.23. The number of hydrogen-bond donors (Lipinski definition) is 1. The van der Waals surface area contributed by atoms with Crippen molar-refractivity contribution in [1.29, 1.82) is 0 Å². The van der Waals surface area contributed by atoms with Gasteiger partial charge >= 0.3 is 0 Å². The highest BCUT2D eigenvalue weighted by atomic mass is 16.5. The molecular formula is C6H10O2. The van der Waals surface area contributed by atoms with Crippen LogP contribution >= 0.6 is 0 Å². The fourth-order valence-corrected chi connectivity index (χ4v) is 0.719. The molecule has 46 valence electrons. The predicted molar refractivity (Wildman–Crippen MR) is 30.3 cm³/mol. The van der Waals surface area contributed by atoms with Gasteiger partial charge in [-0.15, -0.1) is 0 Å². The minimum Gasteiger partial charge on any atom is -0.496 e. The van der Waals surface area contributed by atoms with Crippen molar-refractivity contribution in [2.45, 2.75) is 18.9 Å². The molecule has 0 saturated carbocycles. The van der Waals surface area contributed by atoms with Gasteiger partial charge in [0.25, 0.3) is 0 Å². The first-order valence-electron chi connectivity index (χ1n) is 2.85. The lowest BCUT2D eigenvalue weighted by Gasteiger charge is -2.15. The number of ether oxygens (including phenoxy) is 1. The lowest BCUT2D eigenvalue weighted by atomic mass is 10.2. The largest absolute Gasteiger partial charge is 0.496 e. The molecule has 0 radical (unpaired) electrons. The standard InChI is InChI=1S/C6H10O2/c7-5-6-3-1-2-4-8-6/h2,4,6-7H,1,3,5H2/t6-/m1/s1. The molecule has 1 rings (SSSR count). The predicted octanol–water partition coefficient (Wildman–Crippen LogP) is 0.671. The molecule has 0 aromatic rings. The van der Waals surface area contributed by atoms with Crippen molar-refractivity contribution in [2.24, 2.45) is 0 Å². The average molecular weight is 114 g/mol. The van der Waals surface area contributed by atoms with Crippen LogP contribution in [0, 0.1) is 0 Å². The van der Waals surface area contributed by atoms with Crippen LogP contribution in [-0.2, 0) is 4.74 Å². The van der Waals surface area contributed by atoms with Crippen LogP contribution in [0.15, 0.2) is 12.3 Å². The Morgan fingerprint density at radius 1 is 1.75 bits per heavy atom. The van der Waals surface area contributed by atoms with Crippen LogP contribution in [0.5, 0.6) is 0 Å². The lowest BCUT2D eigenvalue weighted by molar-refractivity contribution is 0.0634. The van der Waals surface area contributed by atoms with E-state index >= 15 is 0 Å². The normalized spacial score (nSPS) is 27.4. The van der Waals surface area contributed by atoms with Gasteiger partial charge in [0, 0.05) is 0 Å². The highest BCUT2D eigenvalue weighted by Gasteiger charge is 2.07. The average Bonchev–Trinajstić information content (AvgIpc) is 1.90. The third kappa shape index (κ3) is 1.23. The molecule has 1 aliphatic heterocycles. The molecule has 1 aliphatic rings. The lowest BCUT2D eigenvalue weighted by Crippen LogP contribution is -2.16. The number of aliphatic hydroxyl groups is 1. The summed E-state index contributed by atoms with van der Waals surface area (Å²) in [5.74, 6) is 0. The van der Waals surface area contributed by atoms with Gasteiger partial charge in [-0.25, -0.2) is 0 Å². The first-order chi connectivity index (χ1) is 3.93. The Labute approximate surface area is 48.8 Å². The zero-order valence-electron chi connectivity index (χ0n) is 4.71. The molecule has 1 atom stereocenters. The Kier molecular flexibility index (Phi) is 1.92. The summed E-state index contributed by atoms with van der Waals surface area (Å²) in [5.41, 5.74) is 0. The van der Waals surface area contributed by atoms with Gasteiger partial charge < -0.3 is 9.84 Å². The summed E-state index contributed by atoms with van der Waals surface area (Å²) in [6, 6.07) is 0. The molecule has 0 amide bonds. The first kappa shape index (κ1) is 5.63. The second kappa shape index (κ2) is 2.72. The van der Waals surface area contributed by atoms with Gasteiger partial charge in [-0.2, -0.15) is 0 Å². The highest BCUT2D eigenvalue weighted by Crippen LogP contribution is 2.08. The zero-order chi connectivity index (χ0) is 5.82. The van der Waals surface area contributed by atoms with Gasteiger partial charge in [-0.1, -0.05) is 0 Å². The van der Waals surface area contributed by atoms with Gasteiger partial charge in [0.15, 0.2) is 0 Å². The second-order valence-corrected chi connectivity index (χ2v) is 1.89. The topological polar surface area (TPSA) is 29.5 Å². The van der Waals surface area contributed by atoms with E-state index in [-0.39, 0.29) is 12.7 Å². The molecule has 0 aromatic heterocycles. The summed E-state index contributed by atoms with van der Waals surface area (Å²) >= 11 is 0. The number of rotatable bonds is 1. The van der Waals surface area contributed by atoms with Crippen LogP contribution in [-0.4, -0.2) is 17.8 Å². The first-order valence-corrected chi connectivity index (χ1v) is 2.85. The maximum atomic E-state index is 8.53. The van der Waals surface area contributed by atoms with Crippen molar-refractivity contribution in [3.05, 3.63) is 12.3 Å². The maximum Gasteiger partial charge on any atom is 0.121 e. The van der Waals surface area contributed by atoms with Crippen LogP contribution in [0.25, 0.3) is 0 Å². The van der Waals surface area contributed by atoms with Crippen molar-refractivity contribution in [3.8, 4) is 0 Å². The molecule has 0 bridgehead atoms. The van der Waals surface area contributed by atoms with E-state index in [0.717, 1.165) is 12.8 Å². The second-order valence-electron chi connectivity index (χ2n) is 1.89. The molecule has 0 aromatic carbocycles. The Balaban J connectivity index is 2.27. The van der Waals surface area contributed by atoms with Crippen LogP contribution in [0.4, 0.5) is 0 Å². The van der Waals surface area contributed by atoms with E-state index in [4.69, 9.17) is 9.84 Å². The van der Waals surface area contributed by atoms with Crippen LogP contribution in [0.1, 0.15) is 12.8 Å². The Morgan fingerprint density at radius 3 is 3.00 bits per heavy atom. The van der Waals surface area contributed by atoms with Crippen LogP contribution < -0.4 is 0 Å². The molecule has 8 heavy (non-hydrogen) atoms. The van der Waals surface area contributed by atoms with E-state index in [1.54, 1.807) is 6.26 Å². The van der Waals surface area contributed by atoms with Crippen molar-refractivity contribution in [1.82, 2.24) is 0 Å². The molecule has 2 nitrogen and oxygen atoms in total. The number of hydrogen-bond acceptors (Lipinski definition) is 2. The smallest absolute Gasteiger partial charge is 0.121 e. The van der Waals surface area contributed by atoms with E-state index in [9.17, 15) is 0 Å². The van der Waals surface area contributed by atoms with Gasteiger partial charge in [0.2, 0.25) is 0 Å². The quantitative estimate of drug-likeness (QED) is 0.543. The molecule has 1 N–H and O–H groups in total. The van der Waals surface area contributed by atoms with Crippen LogP contribution in [0.2, 0.25) is 0 Å². The summed E-state index contributed by atoms with van der Waals surface area (Å²) in [6.07, 6.45) is 5.66. The molecular weight excluding hydrogens is 104 g/mol. The maximum absolute atomic E-state index is 8.53. The molecule has 0 aliphatic carbocycles. The molecule has 0 fully saturated rings. The Morgan fingerprint density at radius 2 is 2.62 bits per heavy atom. The molecule has 0 saturated heterocycles. The summed E-state index contributed by atoms with van der Waals surface area (Å²) in [6.45, 7) is 0.143. The minimum atomic E-state index is 0.0556.